The molecular weight excluding hydrogens is 468 g/mol. The van der Waals surface area contributed by atoms with Gasteiger partial charge in [0, 0.05) is 24.5 Å². The van der Waals surface area contributed by atoms with E-state index in [2.05, 4.69) is 22.3 Å². The van der Waals surface area contributed by atoms with Crippen LogP contribution in [-0.4, -0.2) is 37.5 Å². The average Bonchev–Trinajstić information content (AvgIpc) is 3.43. The van der Waals surface area contributed by atoms with Gasteiger partial charge in [-0.2, -0.15) is 0 Å². The molecule has 4 rings (SSSR count). The predicted octanol–water partition coefficient (Wildman–Crippen LogP) is 5.10. The van der Waals surface area contributed by atoms with E-state index in [0.717, 1.165) is 5.56 Å². The van der Waals surface area contributed by atoms with Crippen LogP contribution < -0.4 is 5.32 Å². The topological polar surface area (TPSA) is 81.0 Å². The van der Waals surface area contributed by atoms with Crippen LogP contribution >= 0.6 is 0 Å². The molecule has 1 aliphatic rings. The Morgan fingerprint density at radius 3 is 2.14 bits per heavy atom. The van der Waals surface area contributed by atoms with Crippen LogP contribution in [0.5, 0.6) is 0 Å². The van der Waals surface area contributed by atoms with E-state index in [1.54, 1.807) is 26.0 Å². The number of methoxy groups -OCH3 is 1. The third-order valence-electron chi connectivity index (χ3n) is 6.41. The summed E-state index contributed by atoms with van der Waals surface area (Å²) >= 11 is 0. The van der Waals surface area contributed by atoms with Crippen LogP contribution in [0.4, 0.5) is 0 Å². The van der Waals surface area contributed by atoms with Crippen molar-refractivity contribution in [2.45, 2.75) is 32.4 Å². The van der Waals surface area contributed by atoms with E-state index in [0.29, 0.717) is 41.4 Å². The van der Waals surface area contributed by atoms with E-state index in [4.69, 9.17) is 13.9 Å². The molecule has 2 aromatic carbocycles. The summed E-state index contributed by atoms with van der Waals surface area (Å²) in [5.41, 5.74) is 3.87. The number of allylic oxidation sites excluding steroid dienone is 2. The first-order chi connectivity index (χ1) is 17.9. The number of rotatable bonds is 9. The van der Waals surface area contributed by atoms with Gasteiger partial charge in [-0.3, -0.25) is 4.90 Å². The summed E-state index contributed by atoms with van der Waals surface area (Å²) in [7, 11) is 3.32. The zero-order valence-corrected chi connectivity index (χ0v) is 21.6. The molecule has 37 heavy (non-hydrogen) atoms. The molecule has 0 fully saturated rings. The van der Waals surface area contributed by atoms with Crippen LogP contribution in [0.1, 0.15) is 42.8 Å². The van der Waals surface area contributed by atoms with Crippen molar-refractivity contribution in [3.63, 3.8) is 0 Å². The SMILES string of the molecule is COC(=O)C1=C(C)NC(C)=C(C(=O)OC(CN(C)Cc2ccccc2)c2ccccc2)C1c1ccco1. The number of furan rings is 1. The van der Waals surface area contributed by atoms with Gasteiger partial charge in [0.2, 0.25) is 0 Å². The molecule has 1 N–H and O–H groups in total. The first-order valence-electron chi connectivity index (χ1n) is 12.2. The summed E-state index contributed by atoms with van der Waals surface area (Å²) in [6, 6.07) is 23.3. The van der Waals surface area contributed by atoms with Crippen molar-refractivity contribution in [2.75, 3.05) is 20.7 Å². The van der Waals surface area contributed by atoms with E-state index in [9.17, 15) is 9.59 Å². The lowest BCUT2D eigenvalue weighted by Gasteiger charge is -2.30. The Morgan fingerprint density at radius 1 is 0.919 bits per heavy atom. The Hall–Kier alpha value is -4.10. The van der Waals surface area contributed by atoms with Gasteiger partial charge >= 0.3 is 11.9 Å². The number of esters is 2. The van der Waals surface area contributed by atoms with Gasteiger partial charge in [-0.15, -0.1) is 0 Å². The van der Waals surface area contributed by atoms with E-state index in [1.165, 1.54) is 18.9 Å². The number of ether oxygens (including phenoxy) is 2. The second kappa shape index (κ2) is 11.8. The molecule has 7 nitrogen and oxygen atoms in total. The molecule has 1 aromatic heterocycles. The normalized spacial score (nSPS) is 16.4. The molecule has 0 amide bonds. The number of carbonyl (C=O) groups is 2. The molecule has 2 atom stereocenters. The van der Waals surface area contributed by atoms with Gasteiger partial charge in [0.25, 0.3) is 0 Å². The third kappa shape index (κ3) is 6.01. The van der Waals surface area contributed by atoms with Crippen molar-refractivity contribution in [1.29, 1.82) is 0 Å². The smallest absolute Gasteiger partial charge is 0.337 e. The molecule has 7 heteroatoms. The van der Waals surface area contributed by atoms with Crippen molar-refractivity contribution < 1.29 is 23.5 Å². The third-order valence-corrected chi connectivity index (χ3v) is 6.41. The lowest BCUT2D eigenvalue weighted by atomic mass is 9.83. The Kier molecular flexibility index (Phi) is 8.25. The Bertz CT molecular complexity index is 1280. The highest BCUT2D eigenvalue weighted by Gasteiger charge is 2.40. The lowest BCUT2D eigenvalue weighted by molar-refractivity contribution is -0.146. The van der Waals surface area contributed by atoms with Gasteiger partial charge in [-0.1, -0.05) is 60.7 Å². The van der Waals surface area contributed by atoms with Gasteiger partial charge in [0.1, 0.15) is 11.9 Å². The number of nitrogens with one attached hydrogen (secondary N) is 1. The van der Waals surface area contributed by atoms with Gasteiger partial charge in [-0.05, 0) is 44.2 Å². The monoisotopic (exact) mass is 500 g/mol. The van der Waals surface area contributed by atoms with Crippen molar-refractivity contribution >= 4 is 11.9 Å². The van der Waals surface area contributed by atoms with Crippen LogP contribution in [0.15, 0.2) is 106 Å². The Balaban J connectivity index is 1.64. The molecule has 0 radical (unpaired) electrons. The zero-order chi connectivity index (χ0) is 26.4. The fourth-order valence-corrected chi connectivity index (χ4v) is 4.70. The maximum Gasteiger partial charge on any atom is 0.337 e. The summed E-state index contributed by atoms with van der Waals surface area (Å²) in [6.45, 7) is 4.76. The summed E-state index contributed by atoms with van der Waals surface area (Å²) in [5.74, 6) is -1.35. The molecule has 2 unspecified atom stereocenters. The minimum Gasteiger partial charge on any atom is -0.468 e. The summed E-state index contributed by atoms with van der Waals surface area (Å²) in [4.78, 5) is 28.7. The highest BCUT2D eigenvalue weighted by atomic mass is 16.5. The van der Waals surface area contributed by atoms with E-state index >= 15 is 0 Å². The molecule has 1 aliphatic heterocycles. The molecule has 3 aromatic rings. The predicted molar refractivity (Wildman–Crippen MR) is 140 cm³/mol. The molecular formula is C30H32N2O5. The van der Waals surface area contributed by atoms with Crippen molar-refractivity contribution in [2.24, 2.45) is 0 Å². The number of hydrogen-bond donors (Lipinski definition) is 1. The van der Waals surface area contributed by atoms with Crippen molar-refractivity contribution in [3.05, 3.63) is 118 Å². The highest BCUT2D eigenvalue weighted by Crippen LogP contribution is 2.40. The summed E-state index contributed by atoms with van der Waals surface area (Å²) in [5, 5.41) is 3.16. The molecule has 0 saturated heterocycles. The molecule has 0 spiro atoms. The van der Waals surface area contributed by atoms with Crippen LogP contribution in [-0.2, 0) is 25.6 Å². The molecule has 0 bridgehead atoms. The van der Waals surface area contributed by atoms with E-state index in [-0.39, 0.29) is 0 Å². The van der Waals surface area contributed by atoms with E-state index < -0.39 is 24.0 Å². The van der Waals surface area contributed by atoms with Crippen LogP contribution in [0.25, 0.3) is 0 Å². The second-order valence-electron chi connectivity index (χ2n) is 9.13. The van der Waals surface area contributed by atoms with Crippen LogP contribution in [0.3, 0.4) is 0 Å². The number of hydrogen-bond acceptors (Lipinski definition) is 7. The number of dihydropyridines is 1. The molecule has 192 valence electrons. The average molecular weight is 501 g/mol. The Morgan fingerprint density at radius 2 is 1.54 bits per heavy atom. The molecule has 2 heterocycles. The van der Waals surface area contributed by atoms with Gasteiger partial charge in [0.15, 0.2) is 0 Å². The standard InChI is InChI=1S/C30H32N2O5/c1-20-26(29(33)35-4)28(24-16-11-17-36-24)27(21(2)31-20)30(34)37-25(23-14-9-6-10-15-23)19-32(3)18-22-12-7-5-8-13-22/h5-17,25,28,31H,18-19H2,1-4H3. The van der Waals surface area contributed by atoms with Crippen LogP contribution in [0, 0.1) is 0 Å². The quantitative estimate of drug-likeness (QED) is 0.409. The Labute approximate surface area is 217 Å². The minimum absolute atomic E-state index is 0.312. The second-order valence-corrected chi connectivity index (χ2v) is 9.13. The summed E-state index contributed by atoms with van der Waals surface area (Å²) < 4.78 is 16.9. The first kappa shape index (κ1) is 26.0. The zero-order valence-electron chi connectivity index (χ0n) is 21.6. The number of likely N-dealkylation sites (N-methyl/N-ethyl adjacent to an activating group) is 1. The van der Waals surface area contributed by atoms with Gasteiger partial charge < -0.3 is 19.2 Å². The minimum atomic E-state index is -0.755. The summed E-state index contributed by atoms with van der Waals surface area (Å²) in [6.07, 6.45) is 0.985. The van der Waals surface area contributed by atoms with Gasteiger partial charge in [0.05, 0.1) is 30.4 Å². The van der Waals surface area contributed by atoms with E-state index in [1.807, 2.05) is 55.6 Å². The molecule has 0 aliphatic carbocycles. The number of benzene rings is 2. The highest BCUT2D eigenvalue weighted by molar-refractivity contribution is 5.99. The molecule has 0 saturated carbocycles. The largest absolute Gasteiger partial charge is 0.468 e. The number of nitrogens with zero attached hydrogens (tertiary/aromatic N) is 1. The first-order valence-corrected chi connectivity index (χ1v) is 12.2. The lowest BCUT2D eigenvalue weighted by Crippen LogP contribution is -2.34. The van der Waals surface area contributed by atoms with Crippen LogP contribution in [0.2, 0.25) is 0 Å². The van der Waals surface area contributed by atoms with Crippen molar-refractivity contribution in [3.8, 4) is 0 Å². The fourth-order valence-electron chi connectivity index (χ4n) is 4.70. The fraction of sp³-hybridized carbons (Fsp3) is 0.267. The maximum absolute atomic E-state index is 13.8. The number of carbonyl (C=O) groups excluding carboxylic acids is 2. The van der Waals surface area contributed by atoms with Crippen molar-refractivity contribution in [1.82, 2.24) is 10.2 Å². The van der Waals surface area contributed by atoms with Gasteiger partial charge in [-0.25, -0.2) is 9.59 Å². The maximum atomic E-state index is 13.8.